The number of carbonyl (C=O) groups excluding carboxylic acids is 3. The van der Waals surface area contributed by atoms with Crippen LogP contribution >= 0.6 is 23.2 Å². The second-order valence-corrected chi connectivity index (χ2v) is 8.44. The van der Waals surface area contributed by atoms with Crippen molar-refractivity contribution in [3.05, 3.63) is 63.1 Å². The highest BCUT2D eigenvalue weighted by Gasteiger charge is 2.39. The fourth-order valence-corrected chi connectivity index (χ4v) is 3.34. The molecule has 2 aromatic rings. The fourth-order valence-electron chi connectivity index (χ4n) is 3.00. The van der Waals surface area contributed by atoms with E-state index in [1.807, 2.05) is 0 Å². The summed E-state index contributed by atoms with van der Waals surface area (Å²) < 4.78 is 10.2. The zero-order valence-electron chi connectivity index (χ0n) is 16.8. The summed E-state index contributed by atoms with van der Waals surface area (Å²) in [5.41, 5.74) is 0.784. The number of nitrogens with zero attached hydrogens (tertiary/aromatic N) is 1. The summed E-state index contributed by atoms with van der Waals surface area (Å²) in [6.45, 7) is 5.11. The smallest absolute Gasteiger partial charge is 0.422 e. The summed E-state index contributed by atoms with van der Waals surface area (Å²) in [6.07, 6.45) is 0.677. The van der Waals surface area contributed by atoms with Crippen LogP contribution in [0.1, 0.15) is 42.3 Å². The number of amides is 2. The molecule has 0 unspecified atom stereocenters. The molecule has 0 atom stereocenters. The Morgan fingerprint density at radius 1 is 1.03 bits per heavy atom. The highest BCUT2D eigenvalue weighted by molar-refractivity contribution is 6.42. The molecule has 30 heavy (non-hydrogen) atoms. The average Bonchev–Trinajstić information content (AvgIpc) is 2.91. The molecule has 2 amide bonds. The number of methoxy groups -OCH3 is 1. The van der Waals surface area contributed by atoms with E-state index in [1.165, 1.54) is 25.3 Å². The lowest BCUT2D eigenvalue weighted by atomic mass is 10.0. The molecule has 0 radical (unpaired) electrons. The molecule has 0 bridgehead atoms. The van der Waals surface area contributed by atoms with Gasteiger partial charge in [0.05, 0.1) is 23.9 Å². The number of hydrogen-bond acceptors (Lipinski definition) is 5. The van der Waals surface area contributed by atoms with E-state index in [0.29, 0.717) is 26.9 Å². The van der Waals surface area contributed by atoms with Crippen LogP contribution in [0.4, 0.5) is 10.5 Å². The Bertz CT molecular complexity index is 1090. The van der Waals surface area contributed by atoms with Crippen molar-refractivity contribution in [2.24, 2.45) is 0 Å². The Balaban J connectivity index is 2.16. The quantitative estimate of drug-likeness (QED) is 0.442. The molecule has 0 saturated heterocycles. The zero-order valence-corrected chi connectivity index (χ0v) is 18.3. The Morgan fingerprint density at radius 2 is 1.67 bits per heavy atom. The molecule has 3 rings (SSSR count). The van der Waals surface area contributed by atoms with Gasteiger partial charge in [0.2, 0.25) is 0 Å². The van der Waals surface area contributed by atoms with E-state index in [1.54, 1.807) is 45.0 Å². The predicted octanol–water partition coefficient (Wildman–Crippen LogP) is 5.60. The van der Waals surface area contributed by atoms with Gasteiger partial charge in [0.1, 0.15) is 5.60 Å². The number of hydrogen-bond donors (Lipinski definition) is 0. The minimum absolute atomic E-state index is 0.194. The van der Waals surface area contributed by atoms with Crippen molar-refractivity contribution in [1.29, 1.82) is 0 Å². The lowest BCUT2D eigenvalue weighted by Gasteiger charge is -2.23. The van der Waals surface area contributed by atoms with Crippen molar-refractivity contribution in [3.63, 3.8) is 0 Å². The van der Waals surface area contributed by atoms with Crippen LogP contribution in [0.15, 0.2) is 36.4 Å². The third-order valence-electron chi connectivity index (χ3n) is 4.22. The molecule has 0 N–H and O–H groups in total. The third kappa shape index (κ3) is 4.35. The van der Waals surface area contributed by atoms with Gasteiger partial charge in [-0.2, -0.15) is 0 Å². The molecule has 8 heteroatoms. The summed E-state index contributed by atoms with van der Waals surface area (Å²) in [5, 5.41) is 0.731. The molecule has 156 valence electrons. The SMILES string of the molecule is COC(=O)c1ccc(Cl)cc1C=C1C(=O)N(C(=O)OC(C)(C)C)c2cc(Cl)ccc21. The number of fused-ring (bicyclic) bond motifs is 1. The second-order valence-electron chi connectivity index (χ2n) is 7.56. The topological polar surface area (TPSA) is 72.9 Å². The van der Waals surface area contributed by atoms with Crippen LogP contribution in [0.25, 0.3) is 11.6 Å². The maximum atomic E-state index is 13.2. The number of halogens is 2. The van der Waals surface area contributed by atoms with Gasteiger partial charge in [0.15, 0.2) is 0 Å². The Morgan fingerprint density at radius 3 is 2.30 bits per heavy atom. The van der Waals surface area contributed by atoms with E-state index < -0.39 is 23.6 Å². The van der Waals surface area contributed by atoms with Gasteiger partial charge in [0, 0.05) is 15.6 Å². The number of benzene rings is 2. The molecule has 0 aromatic heterocycles. The van der Waals surface area contributed by atoms with Gasteiger partial charge in [-0.15, -0.1) is 0 Å². The number of imide groups is 1. The lowest BCUT2D eigenvalue weighted by Crippen LogP contribution is -2.38. The molecule has 1 aliphatic heterocycles. The van der Waals surface area contributed by atoms with Crippen LogP contribution in [-0.2, 0) is 14.3 Å². The predicted molar refractivity (Wildman–Crippen MR) is 116 cm³/mol. The molecular formula is C22H19Cl2NO5. The molecule has 0 aliphatic carbocycles. The standard InChI is InChI=1S/C22H19Cl2NO5/c1-22(2,3)30-21(28)25-18-11-14(24)6-8-16(18)17(19(25)26)10-12-9-13(23)5-7-15(12)20(27)29-4/h5-11H,1-4H3. The maximum Gasteiger partial charge on any atom is 0.422 e. The number of carbonyl (C=O) groups is 3. The minimum Gasteiger partial charge on any atom is -0.465 e. The van der Waals surface area contributed by atoms with E-state index in [-0.39, 0.29) is 11.1 Å². The van der Waals surface area contributed by atoms with Crippen LogP contribution in [0.5, 0.6) is 0 Å². The van der Waals surface area contributed by atoms with Crippen LogP contribution < -0.4 is 4.90 Å². The van der Waals surface area contributed by atoms with E-state index in [4.69, 9.17) is 32.7 Å². The molecule has 0 saturated carbocycles. The number of rotatable bonds is 2. The van der Waals surface area contributed by atoms with Crippen molar-refractivity contribution in [2.45, 2.75) is 26.4 Å². The van der Waals surface area contributed by atoms with E-state index in [2.05, 4.69) is 0 Å². The minimum atomic E-state index is -0.821. The molecular weight excluding hydrogens is 429 g/mol. The Labute approximate surface area is 184 Å². The Kier molecular flexibility index (Phi) is 5.92. The number of anilines is 1. The molecule has 1 heterocycles. The van der Waals surface area contributed by atoms with E-state index in [9.17, 15) is 14.4 Å². The first kappa shape index (κ1) is 21.9. The van der Waals surface area contributed by atoms with Crippen molar-refractivity contribution < 1.29 is 23.9 Å². The van der Waals surface area contributed by atoms with E-state index in [0.717, 1.165) is 4.90 Å². The van der Waals surface area contributed by atoms with Gasteiger partial charge >= 0.3 is 12.1 Å². The summed E-state index contributed by atoms with van der Waals surface area (Å²) in [4.78, 5) is 39.0. The van der Waals surface area contributed by atoms with Gasteiger partial charge in [-0.05, 0) is 62.7 Å². The van der Waals surface area contributed by atoms with Gasteiger partial charge in [-0.25, -0.2) is 14.5 Å². The average molecular weight is 448 g/mol. The van der Waals surface area contributed by atoms with Crippen LogP contribution in [-0.4, -0.2) is 30.7 Å². The third-order valence-corrected chi connectivity index (χ3v) is 4.69. The normalized spacial score (nSPS) is 14.7. The fraction of sp³-hybridized carbons (Fsp3) is 0.227. The first-order valence-electron chi connectivity index (χ1n) is 8.99. The van der Waals surface area contributed by atoms with Crippen LogP contribution in [0.3, 0.4) is 0 Å². The highest BCUT2D eigenvalue weighted by atomic mass is 35.5. The first-order valence-corrected chi connectivity index (χ1v) is 9.74. The highest BCUT2D eigenvalue weighted by Crippen LogP contribution is 2.40. The lowest BCUT2D eigenvalue weighted by molar-refractivity contribution is -0.112. The first-order chi connectivity index (χ1) is 14.0. The van der Waals surface area contributed by atoms with Crippen molar-refractivity contribution in [3.8, 4) is 0 Å². The van der Waals surface area contributed by atoms with E-state index >= 15 is 0 Å². The zero-order chi connectivity index (χ0) is 22.2. The molecule has 6 nitrogen and oxygen atoms in total. The van der Waals surface area contributed by atoms with Gasteiger partial charge in [0.25, 0.3) is 5.91 Å². The number of ether oxygens (including phenoxy) is 2. The molecule has 0 spiro atoms. The Hall–Kier alpha value is -2.83. The van der Waals surface area contributed by atoms with Crippen LogP contribution in [0, 0.1) is 0 Å². The van der Waals surface area contributed by atoms with Crippen molar-refractivity contribution >= 4 is 58.5 Å². The number of esters is 1. The van der Waals surface area contributed by atoms with Crippen molar-refractivity contribution in [2.75, 3.05) is 12.0 Å². The summed E-state index contributed by atoms with van der Waals surface area (Å²) in [6, 6.07) is 9.35. The summed E-state index contributed by atoms with van der Waals surface area (Å²) >= 11 is 12.2. The van der Waals surface area contributed by atoms with Crippen molar-refractivity contribution in [1.82, 2.24) is 0 Å². The largest absolute Gasteiger partial charge is 0.465 e. The van der Waals surface area contributed by atoms with Gasteiger partial charge in [-0.3, -0.25) is 4.79 Å². The van der Waals surface area contributed by atoms with Crippen LogP contribution in [0.2, 0.25) is 10.0 Å². The summed E-state index contributed by atoms with van der Waals surface area (Å²) in [5.74, 6) is -1.18. The maximum absolute atomic E-state index is 13.2. The second kappa shape index (κ2) is 8.13. The van der Waals surface area contributed by atoms with Gasteiger partial charge in [-0.1, -0.05) is 29.3 Å². The monoisotopic (exact) mass is 447 g/mol. The molecule has 1 aliphatic rings. The molecule has 0 fully saturated rings. The molecule has 2 aromatic carbocycles. The van der Waals surface area contributed by atoms with Gasteiger partial charge < -0.3 is 9.47 Å². The summed E-state index contributed by atoms with van der Waals surface area (Å²) in [7, 11) is 1.26.